The summed E-state index contributed by atoms with van der Waals surface area (Å²) in [5.41, 5.74) is 1.19. The Bertz CT molecular complexity index is 608. The molecule has 0 bridgehead atoms. The van der Waals surface area contributed by atoms with Gasteiger partial charge in [0.25, 0.3) is 5.17 Å². The van der Waals surface area contributed by atoms with Crippen LogP contribution in [0.1, 0.15) is 0 Å². The number of anilines is 1. The SMILES string of the molecule is CN(C)C(=S)Oc1ccc2c(N(C)C)cccc2c1. The molecule has 2 aromatic carbocycles. The maximum absolute atomic E-state index is 5.63. The van der Waals surface area contributed by atoms with E-state index in [1.165, 1.54) is 11.1 Å². The fourth-order valence-electron chi connectivity index (χ4n) is 1.89. The summed E-state index contributed by atoms with van der Waals surface area (Å²) in [5, 5.41) is 2.81. The molecule has 0 saturated heterocycles. The van der Waals surface area contributed by atoms with Crippen LogP contribution in [0, 0.1) is 0 Å². The van der Waals surface area contributed by atoms with Crippen molar-refractivity contribution in [2.75, 3.05) is 33.1 Å². The topological polar surface area (TPSA) is 15.7 Å². The van der Waals surface area contributed by atoms with Crippen molar-refractivity contribution in [2.45, 2.75) is 0 Å². The first-order valence-electron chi connectivity index (χ1n) is 6.08. The van der Waals surface area contributed by atoms with E-state index in [1.807, 2.05) is 46.4 Å². The van der Waals surface area contributed by atoms with Gasteiger partial charge in [-0.05, 0) is 41.9 Å². The number of fused-ring (bicyclic) bond motifs is 1. The smallest absolute Gasteiger partial charge is 0.264 e. The van der Waals surface area contributed by atoms with Gasteiger partial charge in [0.15, 0.2) is 0 Å². The Hall–Kier alpha value is -1.81. The van der Waals surface area contributed by atoms with Crippen LogP contribution < -0.4 is 9.64 Å². The number of ether oxygens (including phenoxy) is 1. The second-order valence-electron chi connectivity index (χ2n) is 4.82. The summed E-state index contributed by atoms with van der Waals surface area (Å²) >= 11 is 5.15. The van der Waals surface area contributed by atoms with Gasteiger partial charge in [-0.2, -0.15) is 0 Å². The van der Waals surface area contributed by atoms with E-state index in [4.69, 9.17) is 17.0 Å². The molecule has 0 aliphatic carbocycles. The molecule has 0 saturated carbocycles. The van der Waals surface area contributed by atoms with Crippen molar-refractivity contribution < 1.29 is 4.74 Å². The van der Waals surface area contributed by atoms with Crippen LogP contribution in [0.2, 0.25) is 0 Å². The molecule has 0 amide bonds. The fraction of sp³-hybridized carbons (Fsp3) is 0.267. The Morgan fingerprint density at radius 1 is 1.05 bits per heavy atom. The molecule has 0 heterocycles. The van der Waals surface area contributed by atoms with Crippen LogP contribution in [0.25, 0.3) is 10.8 Å². The standard InChI is InChI=1S/C15H18N2OS/c1-16(2)14-7-5-6-11-10-12(8-9-13(11)14)18-15(19)17(3)4/h5-10H,1-4H3. The van der Waals surface area contributed by atoms with E-state index in [-0.39, 0.29) is 0 Å². The molecule has 0 radical (unpaired) electrons. The van der Waals surface area contributed by atoms with Crippen molar-refractivity contribution in [3.8, 4) is 5.75 Å². The number of nitrogens with zero attached hydrogens (tertiary/aromatic N) is 2. The van der Waals surface area contributed by atoms with Crippen molar-refractivity contribution >= 4 is 33.9 Å². The lowest BCUT2D eigenvalue weighted by Gasteiger charge is -2.17. The molecular formula is C15H18N2OS. The van der Waals surface area contributed by atoms with Crippen LogP contribution in [0.4, 0.5) is 5.69 Å². The van der Waals surface area contributed by atoms with Gasteiger partial charge in [0, 0.05) is 39.3 Å². The molecule has 0 fully saturated rings. The van der Waals surface area contributed by atoms with Crippen molar-refractivity contribution in [2.24, 2.45) is 0 Å². The molecular weight excluding hydrogens is 256 g/mol. The van der Waals surface area contributed by atoms with E-state index < -0.39 is 0 Å². The van der Waals surface area contributed by atoms with E-state index >= 15 is 0 Å². The summed E-state index contributed by atoms with van der Waals surface area (Å²) in [4.78, 5) is 3.88. The molecule has 0 aliphatic heterocycles. The third-order valence-electron chi connectivity index (χ3n) is 2.88. The molecule has 2 aromatic rings. The minimum atomic E-state index is 0.461. The van der Waals surface area contributed by atoms with Gasteiger partial charge >= 0.3 is 0 Å². The molecule has 3 nitrogen and oxygen atoms in total. The second kappa shape index (κ2) is 5.45. The van der Waals surface area contributed by atoms with Crippen LogP contribution in [0.15, 0.2) is 36.4 Å². The lowest BCUT2D eigenvalue weighted by molar-refractivity contribution is 0.450. The van der Waals surface area contributed by atoms with E-state index in [0.29, 0.717) is 5.17 Å². The van der Waals surface area contributed by atoms with Gasteiger partial charge in [-0.3, -0.25) is 0 Å². The molecule has 2 rings (SSSR count). The molecule has 100 valence electrons. The molecule has 0 N–H and O–H groups in total. The van der Waals surface area contributed by atoms with Crippen molar-refractivity contribution in [1.29, 1.82) is 0 Å². The Morgan fingerprint density at radius 2 is 1.79 bits per heavy atom. The Balaban J connectivity index is 2.39. The first kappa shape index (κ1) is 13.6. The van der Waals surface area contributed by atoms with Gasteiger partial charge in [-0.15, -0.1) is 0 Å². The summed E-state index contributed by atoms with van der Waals surface area (Å²) in [6, 6.07) is 12.3. The number of rotatable bonds is 2. The van der Waals surface area contributed by atoms with Crippen LogP contribution in [-0.2, 0) is 0 Å². The highest BCUT2D eigenvalue weighted by atomic mass is 32.1. The second-order valence-corrected chi connectivity index (χ2v) is 5.17. The highest BCUT2D eigenvalue weighted by Crippen LogP contribution is 2.28. The first-order chi connectivity index (χ1) is 8.99. The summed E-state index contributed by atoms with van der Waals surface area (Å²) in [7, 11) is 7.82. The van der Waals surface area contributed by atoms with Crippen molar-refractivity contribution in [3.63, 3.8) is 0 Å². The van der Waals surface area contributed by atoms with Crippen LogP contribution >= 0.6 is 12.2 Å². The van der Waals surface area contributed by atoms with Crippen molar-refractivity contribution in [3.05, 3.63) is 36.4 Å². The van der Waals surface area contributed by atoms with Crippen LogP contribution in [-0.4, -0.2) is 38.3 Å². The summed E-state index contributed by atoms with van der Waals surface area (Å²) < 4.78 is 5.63. The summed E-state index contributed by atoms with van der Waals surface area (Å²) in [5.74, 6) is 0.766. The van der Waals surface area contributed by atoms with Crippen LogP contribution in [0.3, 0.4) is 0 Å². The number of thiocarbonyl (C=S) groups is 1. The molecule has 0 aromatic heterocycles. The Morgan fingerprint density at radius 3 is 2.42 bits per heavy atom. The van der Waals surface area contributed by atoms with E-state index in [0.717, 1.165) is 11.1 Å². The number of hydrogen-bond acceptors (Lipinski definition) is 3. The fourth-order valence-corrected chi connectivity index (χ4v) is 1.99. The Kier molecular flexibility index (Phi) is 3.90. The third-order valence-corrected chi connectivity index (χ3v) is 3.33. The maximum Gasteiger partial charge on any atom is 0.264 e. The van der Waals surface area contributed by atoms with Gasteiger partial charge in [-0.1, -0.05) is 12.1 Å². The average molecular weight is 274 g/mol. The highest BCUT2D eigenvalue weighted by Gasteiger charge is 2.06. The maximum atomic E-state index is 5.63. The quantitative estimate of drug-likeness (QED) is 0.781. The number of hydrogen-bond donors (Lipinski definition) is 0. The largest absolute Gasteiger partial charge is 0.432 e. The Labute approximate surface area is 119 Å². The zero-order chi connectivity index (χ0) is 14.0. The van der Waals surface area contributed by atoms with Gasteiger partial charge in [-0.25, -0.2) is 0 Å². The lowest BCUT2D eigenvalue weighted by atomic mass is 10.1. The molecule has 0 spiro atoms. The van der Waals surface area contributed by atoms with Crippen LogP contribution in [0.5, 0.6) is 5.75 Å². The van der Waals surface area contributed by atoms with Gasteiger partial charge < -0.3 is 14.5 Å². The molecule has 0 atom stereocenters. The predicted octanol–water partition coefficient (Wildman–Crippen LogP) is 3.13. The summed E-state index contributed by atoms with van der Waals surface area (Å²) in [6.07, 6.45) is 0. The normalized spacial score (nSPS) is 10.3. The van der Waals surface area contributed by atoms with Gasteiger partial charge in [0.2, 0.25) is 0 Å². The zero-order valence-corrected chi connectivity index (χ0v) is 12.5. The first-order valence-corrected chi connectivity index (χ1v) is 6.49. The molecule has 0 unspecified atom stereocenters. The average Bonchev–Trinajstić information content (AvgIpc) is 2.37. The van der Waals surface area contributed by atoms with Gasteiger partial charge in [0.05, 0.1) is 0 Å². The lowest BCUT2D eigenvalue weighted by Crippen LogP contribution is -2.24. The predicted molar refractivity (Wildman–Crippen MR) is 85.2 cm³/mol. The molecule has 4 heteroatoms. The highest BCUT2D eigenvalue weighted by molar-refractivity contribution is 7.80. The molecule has 19 heavy (non-hydrogen) atoms. The van der Waals surface area contributed by atoms with E-state index in [2.05, 4.69) is 23.1 Å². The molecule has 0 aliphatic rings. The van der Waals surface area contributed by atoms with E-state index in [1.54, 1.807) is 4.90 Å². The summed E-state index contributed by atoms with van der Waals surface area (Å²) in [6.45, 7) is 0. The third kappa shape index (κ3) is 2.96. The zero-order valence-electron chi connectivity index (χ0n) is 11.7. The minimum Gasteiger partial charge on any atom is -0.432 e. The van der Waals surface area contributed by atoms with Gasteiger partial charge in [0.1, 0.15) is 5.75 Å². The monoisotopic (exact) mass is 274 g/mol. The van der Waals surface area contributed by atoms with Crippen molar-refractivity contribution in [1.82, 2.24) is 4.90 Å². The number of benzene rings is 2. The van der Waals surface area contributed by atoms with E-state index in [9.17, 15) is 0 Å². The minimum absolute atomic E-state index is 0.461.